The van der Waals surface area contributed by atoms with Gasteiger partial charge in [-0.15, -0.1) is 0 Å². The first-order valence-corrected chi connectivity index (χ1v) is 6.14. The normalized spacial score (nSPS) is 19.4. The molecule has 0 saturated carbocycles. The summed E-state index contributed by atoms with van der Waals surface area (Å²) in [5, 5.41) is 0. The lowest BCUT2D eigenvalue weighted by Gasteiger charge is -2.07. The van der Waals surface area contributed by atoms with Crippen molar-refractivity contribution in [1.82, 2.24) is 0 Å². The van der Waals surface area contributed by atoms with Gasteiger partial charge in [0.25, 0.3) is 0 Å². The lowest BCUT2D eigenvalue weighted by Crippen LogP contribution is -1.91. The standard InChI is InChI=1S/C16H18O/c1-3-4-5-6-7-13-11-16(17)15-10-12(2)8-9-14(13)15/h3-6,8-10,13H,7,11H2,1-2H3/b4-3-,6-5-. The summed E-state index contributed by atoms with van der Waals surface area (Å²) in [5.74, 6) is 0.674. The van der Waals surface area contributed by atoms with Crippen LogP contribution in [0.1, 0.15) is 47.2 Å². The molecule has 0 aliphatic heterocycles. The molecule has 0 spiro atoms. The third kappa shape index (κ3) is 2.55. The van der Waals surface area contributed by atoms with Gasteiger partial charge in [0.05, 0.1) is 0 Å². The molecule has 1 aliphatic rings. The molecule has 17 heavy (non-hydrogen) atoms. The number of benzene rings is 1. The van der Waals surface area contributed by atoms with E-state index in [0.717, 1.165) is 12.0 Å². The highest BCUT2D eigenvalue weighted by atomic mass is 16.1. The van der Waals surface area contributed by atoms with Gasteiger partial charge in [0.15, 0.2) is 5.78 Å². The SMILES string of the molecule is C/C=C\C=C/CC1CC(=O)c2cc(C)ccc21. The Morgan fingerprint density at radius 1 is 1.35 bits per heavy atom. The van der Waals surface area contributed by atoms with Crippen LogP contribution in [0.4, 0.5) is 0 Å². The van der Waals surface area contributed by atoms with Crippen molar-refractivity contribution < 1.29 is 4.79 Å². The van der Waals surface area contributed by atoms with Crippen molar-refractivity contribution in [2.24, 2.45) is 0 Å². The summed E-state index contributed by atoms with van der Waals surface area (Å²) in [6.45, 7) is 4.04. The fraction of sp³-hybridized carbons (Fsp3) is 0.312. The van der Waals surface area contributed by atoms with Gasteiger partial charge in [-0.05, 0) is 37.8 Å². The van der Waals surface area contributed by atoms with Crippen molar-refractivity contribution >= 4 is 5.78 Å². The minimum absolute atomic E-state index is 0.299. The fourth-order valence-electron chi connectivity index (χ4n) is 2.35. The van der Waals surface area contributed by atoms with Crippen molar-refractivity contribution in [1.29, 1.82) is 0 Å². The number of Topliss-reactive ketones (excluding diaryl/α,β-unsaturated/α-hetero) is 1. The van der Waals surface area contributed by atoms with E-state index in [4.69, 9.17) is 0 Å². The Bertz CT molecular complexity index is 480. The minimum atomic E-state index is 0.299. The number of hydrogen-bond acceptors (Lipinski definition) is 1. The van der Waals surface area contributed by atoms with Crippen LogP contribution >= 0.6 is 0 Å². The van der Waals surface area contributed by atoms with Crippen LogP contribution in [0.15, 0.2) is 42.5 Å². The number of carbonyl (C=O) groups excluding carboxylic acids is 1. The maximum atomic E-state index is 11.9. The second-order valence-corrected chi connectivity index (χ2v) is 4.60. The van der Waals surface area contributed by atoms with Crippen molar-refractivity contribution in [3.63, 3.8) is 0 Å². The van der Waals surface area contributed by atoms with Gasteiger partial charge in [0.1, 0.15) is 0 Å². The average molecular weight is 226 g/mol. The zero-order valence-electron chi connectivity index (χ0n) is 10.4. The van der Waals surface area contributed by atoms with Crippen molar-refractivity contribution in [3.8, 4) is 0 Å². The number of rotatable bonds is 3. The van der Waals surface area contributed by atoms with Gasteiger partial charge in [0, 0.05) is 12.0 Å². The highest BCUT2D eigenvalue weighted by Crippen LogP contribution is 2.36. The van der Waals surface area contributed by atoms with E-state index in [9.17, 15) is 4.79 Å². The van der Waals surface area contributed by atoms with Gasteiger partial charge in [-0.1, -0.05) is 42.0 Å². The molecule has 1 heteroatoms. The predicted octanol–water partition coefficient (Wildman–Crippen LogP) is 4.19. The molecule has 0 aromatic heterocycles. The topological polar surface area (TPSA) is 17.1 Å². The van der Waals surface area contributed by atoms with Crippen LogP contribution < -0.4 is 0 Å². The molecule has 1 aliphatic carbocycles. The van der Waals surface area contributed by atoms with Crippen molar-refractivity contribution in [2.75, 3.05) is 0 Å². The molecule has 0 fully saturated rings. The van der Waals surface area contributed by atoms with Gasteiger partial charge in [0.2, 0.25) is 0 Å². The van der Waals surface area contributed by atoms with Crippen LogP contribution in [-0.2, 0) is 0 Å². The Kier molecular flexibility index (Phi) is 3.58. The van der Waals surface area contributed by atoms with Crippen LogP contribution in [0.25, 0.3) is 0 Å². The molecule has 1 unspecified atom stereocenters. The Morgan fingerprint density at radius 3 is 2.94 bits per heavy atom. The first kappa shape index (κ1) is 11.8. The van der Waals surface area contributed by atoms with Crippen LogP contribution in [-0.4, -0.2) is 5.78 Å². The molecule has 1 nitrogen and oxygen atoms in total. The largest absolute Gasteiger partial charge is 0.294 e. The third-order valence-corrected chi connectivity index (χ3v) is 3.24. The Morgan fingerprint density at radius 2 is 2.18 bits per heavy atom. The van der Waals surface area contributed by atoms with E-state index in [2.05, 4.69) is 24.3 Å². The maximum absolute atomic E-state index is 11.9. The summed E-state index contributed by atoms with van der Waals surface area (Å²) >= 11 is 0. The number of ketones is 1. The number of aryl methyl sites for hydroxylation is 1. The summed E-state index contributed by atoms with van der Waals surface area (Å²) < 4.78 is 0. The molecule has 1 aromatic carbocycles. The fourth-order valence-corrected chi connectivity index (χ4v) is 2.35. The highest BCUT2D eigenvalue weighted by molar-refractivity contribution is 6.01. The summed E-state index contributed by atoms with van der Waals surface area (Å²) in [6.07, 6.45) is 9.84. The van der Waals surface area contributed by atoms with Gasteiger partial charge in [-0.3, -0.25) is 4.79 Å². The second-order valence-electron chi connectivity index (χ2n) is 4.60. The molecule has 88 valence electrons. The Hall–Kier alpha value is -1.63. The molecule has 0 heterocycles. The van der Waals surface area contributed by atoms with Crippen LogP contribution in [0.3, 0.4) is 0 Å². The maximum Gasteiger partial charge on any atom is 0.163 e. The molecule has 0 bridgehead atoms. The zero-order valence-corrected chi connectivity index (χ0v) is 10.4. The van der Waals surface area contributed by atoms with Gasteiger partial charge >= 0.3 is 0 Å². The van der Waals surface area contributed by atoms with Crippen LogP contribution in [0.5, 0.6) is 0 Å². The molecule has 0 saturated heterocycles. The zero-order chi connectivity index (χ0) is 12.3. The lowest BCUT2D eigenvalue weighted by atomic mass is 9.97. The van der Waals surface area contributed by atoms with E-state index in [-0.39, 0.29) is 0 Å². The summed E-state index contributed by atoms with van der Waals surface area (Å²) in [4.78, 5) is 11.9. The molecule has 2 rings (SSSR count). The first-order chi connectivity index (χ1) is 8.22. The van der Waals surface area contributed by atoms with Crippen LogP contribution in [0, 0.1) is 6.92 Å². The quantitative estimate of drug-likeness (QED) is 0.706. The Balaban J connectivity index is 2.17. The molecular weight excluding hydrogens is 208 g/mol. The van der Waals surface area contributed by atoms with E-state index in [0.29, 0.717) is 18.1 Å². The minimum Gasteiger partial charge on any atom is -0.294 e. The number of allylic oxidation sites excluding steroid dienone is 4. The highest BCUT2D eigenvalue weighted by Gasteiger charge is 2.27. The van der Waals surface area contributed by atoms with E-state index in [1.165, 1.54) is 11.1 Å². The van der Waals surface area contributed by atoms with Crippen molar-refractivity contribution in [3.05, 3.63) is 59.2 Å². The summed E-state index contributed by atoms with van der Waals surface area (Å²) in [5.41, 5.74) is 3.34. The van der Waals surface area contributed by atoms with E-state index in [1.54, 1.807) is 0 Å². The Labute approximate surface area is 103 Å². The molecule has 0 N–H and O–H groups in total. The third-order valence-electron chi connectivity index (χ3n) is 3.24. The monoisotopic (exact) mass is 226 g/mol. The predicted molar refractivity (Wildman–Crippen MR) is 71.4 cm³/mol. The van der Waals surface area contributed by atoms with Crippen LogP contribution in [0.2, 0.25) is 0 Å². The number of fused-ring (bicyclic) bond motifs is 1. The smallest absolute Gasteiger partial charge is 0.163 e. The van der Waals surface area contributed by atoms with E-state index in [1.807, 2.05) is 32.1 Å². The van der Waals surface area contributed by atoms with E-state index >= 15 is 0 Å². The van der Waals surface area contributed by atoms with E-state index < -0.39 is 0 Å². The average Bonchev–Trinajstić information content (AvgIpc) is 2.62. The molecule has 0 radical (unpaired) electrons. The van der Waals surface area contributed by atoms with Gasteiger partial charge < -0.3 is 0 Å². The van der Waals surface area contributed by atoms with Gasteiger partial charge in [-0.2, -0.15) is 0 Å². The molecule has 0 amide bonds. The summed E-state index contributed by atoms with van der Waals surface area (Å²) in [6, 6.07) is 6.23. The second kappa shape index (κ2) is 5.13. The molecular formula is C16H18O. The number of carbonyl (C=O) groups is 1. The summed E-state index contributed by atoms with van der Waals surface area (Å²) in [7, 11) is 0. The lowest BCUT2D eigenvalue weighted by molar-refractivity contribution is 0.0989. The van der Waals surface area contributed by atoms with Crippen molar-refractivity contribution in [2.45, 2.75) is 32.6 Å². The number of hydrogen-bond donors (Lipinski definition) is 0. The molecule has 1 atom stereocenters. The molecule has 1 aromatic rings. The first-order valence-electron chi connectivity index (χ1n) is 6.14. The van der Waals surface area contributed by atoms with Gasteiger partial charge in [-0.25, -0.2) is 0 Å².